The maximum absolute atomic E-state index is 6.88. The smallest absolute Gasteiger partial charge is 0.155 e. The van der Waals surface area contributed by atoms with Gasteiger partial charge >= 0.3 is 0 Å². The van der Waals surface area contributed by atoms with Gasteiger partial charge in [0.05, 0.1) is 33.5 Å². The summed E-state index contributed by atoms with van der Waals surface area (Å²) in [5.41, 5.74) is 12.8. The Balaban J connectivity index is 1.04. The number of aryl methyl sites for hydroxylation is 1. The summed E-state index contributed by atoms with van der Waals surface area (Å²) >= 11 is 0. The highest BCUT2D eigenvalue weighted by Crippen LogP contribution is 2.50. The number of hydrogen-bond donors (Lipinski definition) is 0. The van der Waals surface area contributed by atoms with Crippen molar-refractivity contribution in [2.45, 2.75) is 24.9 Å². The normalized spacial score (nSPS) is 17.2. The molecule has 3 aliphatic rings. The Morgan fingerprint density at radius 1 is 0.554 bits per heavy atom. The van der Waals surface area contributed by atoms with Gasteiger partial charge in [0.25, 0.3) is 0 Å². The van der Waals surface area contributed by atoms with E-state index in [-0.39, 0.29) is 12.0 Å². The van der Waals surface area contributed by atoms with Crippen LogP contribution in [0.15, 0.2) is 174 Å². The molecular weight excluding hydrogens is 685 g/mol. The van der Waals surface area contributed by atoms with Crippen molar-refractivity contribution in [3.8, 4) is 22.6 Å². The SMILES string of the molecule is C1=CC2Oc3c(ccc4c5cc(-c6ccc7c(c6)c6ccccc6n7-c6cccc7ccccc67)ccc5n(C5=CCCc6c5oc5ccccc65)c34)C2C=C1. The Morgan fingerprint density at radius 3 is 2.16 bits per heavy atom. The Bertz CT molecular complexity index is 3410. The first-order chi connectivity index (χ1) is 27.8. The molecule has 0 radical (unpaired) electrons. The van der Waals surface area contributed by atoms with E-state index in [4.69, 9.17) is 9.15 Å². The van der Waals surface area contributed by atoms with Gasteiger partial charge in [0.1, 0.15) is 17.4 Å². The fraction of sp³-hybridized carbons (Fsp3) is 0.0769. The van der Waals surface area contributed by atoms with Crippen LogP contribution in [0.1, 0.15) is 29.2 Å². The van der Waals surface area contributed by atoms with Crippen molar-refractivity contribution in [3.05, 3.63) is 187 Å². The number of ether oxygens (including phenoxy) is 1. The van der Waals surface area contributed by atoms with Gasteiger partial charge in [-0.15, -0.1) is 0 Å². The number of para-hydroxylation sites is 2. The van der Waals surface area contributed by atoms with Crippen LogP contribution in [-0.4, -0.2) is 15.2 Å². The third-order valence-electron chi connectivity index (χ3n) is 12.5. The fourth-order valence-electron chi connectivity index (χ4n) is 10.0. The zero-order valence-electron chi connectivity index (χ0n) is 30.4. The molecule has 264 valence electrons. The molecule has 0 fully saturated rings. The number of rotatable bonds is 3. The minimum atomic E-state index is -0.00699. The van der Waals surface area contributed by atoms with E-state index in [1.807, 2.05) is 0 Å². The highest BCUT2D eigenvalue weighted by Gasteiger charge is 2.36. The zero-order chi connectivity index (χ0) is 36.5. The van der Waals surface area contributed by atoms with Crippen LogP contribution in [0, 0.1) is 0 Å². The Hall–Kier alpha value is -7.04. The van der Waals surface area contributed by atoms with Gasteiger partial charge in [-0.05, 0) is 77.9 Å². The first kappa shape index (κ1) is 30.3. The molecule has 4 heteroatoms. The summed E-state index contributed by atoms with van der Waals surface area (Å²) in [6.45, 7) is 0. The second-order valence-electron chi connectivity index (χ2n) is 15.4. The summed E-state index contributed by atoms with van der Waals surface area (Å²) in [5, 5.41) is 8.57. The molecule has 4 heterocycles. The molecule has 10 aromatic rings. The first-order valence-electron chi connectivity index (χ1n) is 19.6. The Labute approximate surface area is 322 Å². The average Bonchev–Trinajstić information content (AvgIpc) is 4.01. The summed E-state index contributed by atoms with van der Waals surface area (Å²) in [5.74, 6) is 2.13. The third-order valence-corrected chi connectivity index (χ3v) is 12.5. The van der Waals surface area contributed by atoms with Gasteiger partial charge in [0.15, 0.2) is 5.76 Å². The number of hydrogen-bond acceptors (Lipinski definition) is 2. The predicted octanol–water partition coefficient (Wildman–Crippen LogP) is 13.3. The Morgan fingerprint density at radius 2 is 1.27 bits per heavy atom. The van der Waals surface area contributed by atoms with E-state index in [1.165, 1.54) is 76.7 Å². The van der Waals surface area contributed by atoms with Gasteiger partial charge in [-0.1, -0.05) is 121 Å². The summed E-state index contributed by atoms with van der Waals surface area (Å²) in [4.78, 5) is 0. The van der Waals surface area contributed by atoms with Crippen molar-refractivity contribution in [2.24, 2.45) is 0 Å². The molecule has 4 nitrogen and oxygen atoms in total. The number of furan rings is 1. The van der Waals surface area contributed by atoms with E-state index in [2.05, 4.69) is 179 Å². The van der Waals surface area contributed by atoms with Crippen LogP contribution in [0.2, 0.25) is 0 Å². The molecule has 0 saturated carbocycles. The molecule has 7 aromatic carbocycles. The third kappa shape index (κ3) is 4.08. The molecule has 2 atom stereocenters. The van der Waals surface area contributed by atoms with Crippen LogP contribution in [0.5, 0.6) is 5.75 Å². The van der Waals surface area contributed by atoms with Gasteiger partial charge in [-0.3, -0.25) is 0 Å². The van der Waals surface area contributed by atoms with E-state index >= 15 is 0 Å². The fourth-order valence-corrected chi connectivity index (χ4v) is 10.0. The molecule has 1 aliphatic heterocycles. The molecule has 0 spiro atoms. The maximum atomic E-state index is 6.88. The van der Waals surface area contributed by atoms with Crippen molar-refractivity contribution in [1.82, 2.24) is 9.13 Å². The van der Waals surface area contributed by atoms with Crippen molar-refractivity contribution < 1.29 is 9.15 Å². The van der Waals surface area contributed by atoms with Crippen LogP contribution in [0.4, 0.5) is 0 Å². The average molecular weight is 719 g/mol. The van der Waals surface area contributed by atoms with Crippen LogP contribution < -0.4 is 4.74 Å². The minimum Gasteiger partial charge on any atom is -0.483 e. The van der Waals surface area contributed by atoms with Gasteiger partial charge in [0.2, 0.25) is 0 Å². The lowest BCUT2D eigenvalue weighted by molar-refractivity contribution is 0.271. The van der Waals surface area contributed by atoms with Crippen LogP contribution in [0.25, 0.3) is 87.9 Å². The van der Waals surface area contributed by atoms with E-state index in [0.717, 1.165) is 46.7 Å². The van der Waals surface area contributed by atoms with Crippen LogP contribution in [-0.2, 0) is 6.42 Å². The van der Waals surface area contributed by atoms with Crippen LogP contribution >= 0.6 is 0 Å². The van der Waals surface area contributed by atoms with E-state index < -0.39 is 0 Å². The second kappa shape index (κ2) is 11.2. The van der Waals surface area contributed by atoms with E-state index in [1.54, 1.807) is 0 Å². The molecule has 2 unspecified atom stereocenters. The highest BCUT2D eigenvalue weighted by molar-refractivity contribution is 6.15. The number of benzene rings is 7. The molecular formula is C52H34N2O2. The molecule has 0 saturated heterocycles. The van der Waals surface area contributed by atoms with E-state index in [0.29, 0.717) is 0 Å². The highest BCUT2D eigenvalue weighted by atomic mass is 16.5. The molecule has 0 N–H and O–H groups in total. The summed E-state index contributed by atoms with van der Waals surface area (Å²) in [7, 11) is 0. The van der Waals surface area contributed by atoms with E-state index in [9.17, 15) is 0 Å². The topological polar surface area (TPSA) is 32.2 Å². The van der Waals surface area contributed by atoms with Crippen molar-refractivity contribution in [3.63, 3.8) is 0 Å². The van der Waals surface area contributed by atoms with Gasteiger partial charge < -0.3 is 18.3 Å². The monoisotopic (exact) mass is 718 g/mol. The number of aromatic nitrogens is 2. The van der Waals surface area contributed by atoms with Gasteiger partial charge in [-0.25, -0.2) is 0 Å². The van der Waals surface area contributed by atoms with Gasteiger partial charge in [-0.2, -0.15) is 0 Å². The Kier molecular flexibility index (Phi) is 6.09. The molecule has 56 heavy (non-hydrogen) atoms. The van der Waals surface area contributed by atoms with Gasteiger partial charge in [0, 0.05) is 49.4 Å². The zero-order valence-corrected chi connectivity index (χ0v) is 30.4. The van der Waals surface area contributed by atoms with Crippen molar-refractivity contribution in [1.29, 1.82) is 0 Å². The van der Waals surface area contributed by atoms with Crippen molar-refractivity contribution in [2.75, 3.05) is 0 Å². The lowest BCUT2D eigenvalue weighted by Crippen LogP contribution is -2.15. The molecule has 2 aliphatic carbocycles. The quantitative estimate of drug-likeness (QED) is 0.182. The standard InChI is InChI=1S/C52H34N2O2/c1-2-13-34-31(11-1)12-9-19-43(34)53-44-18-6-3-14-35(44)41-29-32(23-27-45(41)53)33-24-28-46-42(30-33)38-25-26-40-37-16-5-8-22-49(37)56-52(40)50(38)54(46)47-20-10-17-39-36-15-4-7-21-48(36)55-51(39)47/h1-9,11-16,18-30,37,49H,10,17H2. The molecule has 0 bridgehead atoms. The molecule has 0 amide bonds. The molecule has 13 rings (SSSR count). The van der Waals surface area contributed by atoms with Crippen LogP contribution in [0.3, 0.4) is 0 Å². The summed E-state index contributed by atoms with van der Waals surface area (Å²) in [6, 6.07) is 51.1. The first-order valence-corrected chi connectivity index (χ1v) is 19.6. The predicted molar refractivity (Wildman–Crippen MR) is 230 cm³/mol. The van der Waals surface area contributed by atoms with Crippen molar-refractivity contribution >= 4 is 71.1 Å². The maximum Gasteiger partial charge on any atom is 0.155 e. The second-order valence-corrected chi connectivity index (χ2v) is 15.4. The number of fused-ring (bicyclic) bond motifs is 14. The lowest BCUT2D eigenvalue weighted by Gasteiger charge is -2.17. The number of nitrogens with zero attached hydrogens (tertiary/aromatic N) is 2. The summed E-state index contributed by atoms with van der Waals surface area (Å²) in [6.07, 6.45) is 13.0. The minimum absolute atomic E-state index is 0.00699. The lowest BCUT2D eigenvalue weighted by atomic mass is 9.91. The summed E-state index contributed by atoms with van der Waals surface area (Å²) < 4.78 is 18.5. The molecule has 3 aromatic heterocycles. The number of allylic oxidation sites excluding steroid dienone is 3. The largest absolute Gasteiger partial charge is 0.483 e.